The zero-order valence-electron chi connectivity index (χ0n) is 16.6. The third-order valence-electron chi connectivity index (χ3n) is 4.71. The number of carbonyl (C=O) groups is 2. The molecule has 0 saturated heterocycles. The van der Waals surface area contributed by atoms with Crippen LogP contribution in [0.5, 0.6) is 11.5 Å². The minimum absolute atomic E-state index is 0.189. The molecule has 2 aromatic carbocycles. The molecule has 0 amide bonds. The lowest BCUT2D eigenvalue weighted by Gasteiger charge is -2.05. The molecule has 1 aromatic heterocycles. The first-order valence-corrected chi connectivity index (χ1v) is 9.35. The van der Waals surface area contributed by atoms with Gasteiger partial charge in [0, 0.05) is 27.7 Å². The van der Waals surface area contributed by atoms with Crippen molar-refractivity contribution in [2.45, 2.75) is 13.8 Å². The molecule has 4 rings (SSSR count). The minimum Gasteiger partial charge on any atom is -0.455 e. The molecule has 1 aliphatic rings. The van der Waals surface area contributed by atoms with Gasteiger partial charge in [-0.15, -0.1) is 0 Å². The van der Waals surface area contributed by atoms with Crippen molar-refractivity contribution in [2.24, 2.45) is 5.16 Å². The minimum atomic E-state index is -0.678. The average molecular weight is 408 g/mol. The fourth-order valence-electron chi connectivity index (χ4n) is 3.25. The smallest absolute Gasteiger partial charge is 0.347 e. The molecular weight excluding hydrogens is 388 g/mol. The fourth-order valence-corrected chi connectivity index (χ4v) is 3.25. The number of fused-ring (bicyclic) bond motifs is 2. The van der Waals surface area contributed by atoms with Crippen molar-refractivity contribution >= 4 is 28.4 Å². The number of hydrogen-bond donors (Lipinski definition) is 1. The van der Waals surface area contributed by atoms with Gasteiger partial charge in [-0.05, 0) is 38.1 Å². The summed E-state index contributed by atoms with van der Waals surface area (Å²) >= 11 is 0. The molecule has 8 nitrogen and oxygen atoms in total. The second kappa shape index (κ2) is 8.28. The summed E-state index contributed by atoms with van der Waals surface area (Å²) in [4.78, 5) is 32.7. The molecule has 0 fully saturated rings. The van der Waals surface area contributed by atoms with Gasteiger partial charge in [-0.3, -0.25) is 4.79 Å². The summed E-state index contributed by atoms with van der Waals surface area (Å²) in [6, 6.07) is 12.9. The van der Waals surface area contributed by atoms with E-state index in [0.29, 0.717) is 22.8 Å². The highest BCUT2D eigenvalue weighted by atomic mass is 16.7. The summed E-state index contributed by atoms with van der Waals surface area (Å²) in [7, 11) is 0. The number of nitrogens with zero attached hydrogens (tertiary/aromatic N) is 1. The van der Waals surface area contributed by atoms with Crippen LogP contribution in [0.1, 0.15) is 28.5 Å². The molecule has 0 radical (unpaired) electrons. The van der Waals surface area contributed by atoms with E-state index in [1.807, 2.05) is 37.3 Å². The Balaban J connectivity index is 1.30. The zero-order valence-corrected chi connectivity index (χ0v) is 16.6. The Morgan fingerprint density at radius 1 is 1.10 bits per heavy atom. The number of benzene rings is 2. The molecule has 0 spiro atoms. The summed E-state index contributed by atoms with van der Waals surface area (Å²) in [5.41, 5.74) is 3.46. The molecular formula is C22H20N2O6. The van der Waals surface area contributed by atoms with Gasteiger partial charge >= 0.3 is 5.97 Å². The standard InChI is InChI=1S/C22H20N2O6/c1-13(15-7-8-19-20(9-15)29-12-28-19)24-30-11-21(26)27-10-18(25)22-14(2)23-17-6-4-3-5-16(17)22/h3-9,23H,10-12H2,1-2H3. The number of aromatic amines is 1. The first-order chi connectivity index (χ1) is 14.5. The Bertz CT molecular complexity index is 1150. The van der Waals surface area contributed by atoms with Crippen molar-refractivity contribution in [2.75, 3.05) is 20.0 Å². The van der Waals surface area contributed by atoms with Gasteiger partial charge in [0.2, 0.25) is 19.2 Å². The van der Waals surface area contributed by atoms with Crippen LogP contribution in [0.3, 0.4) is 0 Å². The number of aromatic nitrogens is 1. The van der Waals surface area contributed by atoms with Crippen molar-refractivity contribution in [3.05, 3.63) is 59.3 Å². The highest BCUT2D eigenvalue weighted by Gasteiger charge is 2.18. The average Bonchev–Trinajstić information content (AvgIpc) is 3.34. The van der Waals surface area contributed by atoms with E-state index < -0.39 is 12.6 Å². The third kappa shape index (κ3) is 3.98. The first-order valence-electron chi connectivity index (χ1n) is 9.35. The van der Waals surface area contributed by atoms with Crippen LogP contribution in [-0.4, -0.2) is 42.5 Å². The number of carbonyl (C=O) groups excluding carboxylic acids is 2. The first kappa shape index (κ1) is 19.5. The number of Topliss-reactive ketones (excluding diaryl/α,β-unsaturated/α-hetero) is 1. The Kier molecular flexibility index (Phi) is 5.38. The molecule has 0 unspecified atom stereocenters. The van der Waals surface area contributed by atoms with Crippen molar-refractivity contribution in [1.29, 1.82) is 0 Å². The maximum Gasteiger partial charge on any atom is 0.347 e. The Labute approximate surface area is 172 Å². The van der Waals surface area contributed by atoms with E-state index in [9.17, 15) is 9.59 Å². The third-order valence-corrected chi connectivity index (χ3v) is 4.71. The van der Waals surface area contributed by atoms with Crippen molar-refractivity contribution in [3.63, 3.8) is 0 Å². The summed E-state index contributed by atoms with van der Waals surface area (Å²) < 4.78 is 15.6. The van der Waals surface area contributed by atoms with Gasteiger partial charge in [-0.2, -0.15) is 0 Å². The molecule has 0 atom stereocenters. The number of ketones is 1. The molecule has 0 saturated carbocycles. The van der Waals surface area contributed by atoms with E-state index in [1.165, 1.54) is 0 Å². The van der Waals surface area contributed by atoms with Crippen LogP contribution in [0, 0.1) is 6.92 Å². The lowest BCUT2D eigenvalue weighted by Crippen LogP contribution is -2.18. The van der Waals surface area contributed by atoms with Gasteiger partial charge in [0.1, 0.15) is 0 Å². The maximum atomic E-state index is 12.5. The van der Waals surface area contributed by atoms with Crippen molar-refractivity contribution in [1.82, 2.24) is 4.98 Å². The number of rotatable bonds is 7. The van der Waals surface area contributed by atoms with Crippen molar-refractivity contribution < 1.29 is 28.6 Å². The summed E-state index contributed by atoms with van der Waals surface area (Å²) in [5.74, 6) is 0.347. The van der Waals surface area contributed by atoms with Gasteiger partial charge in [-0.1, -0.05) is 23.4 Å². The van der Waals surface area contributed by atoms with Crippen LogP contribution in [0.4, 0.5) is 0 Å². The molecule has 8 heteroatoms. The molecule has 1 N–H and O–H groups in total. The number of oxime groups is 1. The maximum absolute atomic E-state index is 12.5. The lowest BCUT2D eigenvalue weighted by atomic mass is 10.1. The van der Waals surface area contributed by atoms with E-state index in [-0.39, 0.29) is 19.2 Å². The second-order valence-corrected chi connectivity index (χ2v) is 6.77. The molecule has 1 aliphatic heterocycles. The Morgan fingerprint density at radius 3 is 2.77 bits per heavy atom. The molecule has 30 heavy (non-hydrogen) atoms. The molecule has 0 aliphatic carbocycles. The Morgan fingerprint density at radius 2 is 1.90 bits per heavy atom. The largest absolute Gasteiger partial charge is 0.455 e. The normalized spacial score (nSPS) is 12.8. The van der Waals surface area contributed by atoms with E-state index in [4.69, 9.17) is 19.0 Å². The number of hydrogen-bond acceptors (Lipinski definition) is 7. The summed E-state index contributed by atoms with van der Waals surface area (Å²) in [6.45, 7) is 2.98. The number of para-hydroxylation sites is 1. The SMILES string of the molecule is CC(=NOCC(=O)OCC(=O)c1c(C)[nH]c2ccccc12)c1ccc2c(c1)OCO2. The topological polar surface area (TPSA) is 99.2 Å². The number of nitrogens with one attached hydrogen (secondary N) is 1. The van der Waals surface area contributed by atoms with Crippen LogP contribution >= 0.6 is 0 Å². The monoisotopic (exact) mass is 408 g/mol. The van der Waals surface area contributed by atoms with Gasteiger partial charge in [-0.25, -0.2) is 4.79 Å². The molecule has 154 valence electrons. The van der Waals surface area contributed by atoms with Gasteiger partial charge < -0.3 is 24.0 Å². The predicted octanol–water partition coefficient (Wildman–Crippen LogP) is 3.37. The van der Waals surface area contributed by atoms with E-state index in [2.05, 4.69) is 10.1 Å². The zero-order chi connectivity index (χ0) is 21.1. The van der Waals surface area contributed by atoms with Gasteiger partial charge in [0.15, 0.2) is 18.1 Å². The summed E-state index contributed by atoms with van der Waals surface area (Å²) in [5, 5.41) is 4.72. The fraction of sp³-hybridized carbons (Fsp3) is 0.227. The van der Waals surface area contributed by atoms with Crippen LogP contribution in [0.2, 0.25) is 0 Å². The molecule has 3 aromatic rings. The quantitative estimate of drug-likeness (QED) is 0.279. The highest BCUT2D eigenvalue weighted by molar-refractivity contribution is 6.10. The van der Waals surface area contributed by atoms with Crippen LogP contribution < -0.4 is 9.47 Å². The lowest BCUT2D eigenvalue weighted by molar-refractivity contribution is -0.147. The van der Waals surface area contributed by atoms with Crippen LogP contribution in [-0.2, 0) is 14.4 Å². The van der Waals surface area contributed by atoms with Crippen molar-refractivity contribution in [3.8, 4) is 11.5 Å². The van der Waals surface area contributed by atoms with Crippen LogP contribution in [0.15, 0.2) is 47.6 Å². The Hall–Kier alpha value is -3.81. The number of aryl methyl sites for hydroxylation is 1. The van der Waals surface area contributed by atoms with Gasteiger partial charge in [0.25, 0.3) is 0 Å². The van der Waals surface area contributed by atoms with E-state index in [1.54, 1.807) is 19.1 Å². The number of H-pyrrole nitrogens is 1. The second-order valence-electron chi connectivity index (χ2n) is 6.77. The highest BCUT2D eigenvalue weighted by Crippen LogP contribution is 2.32. The van der Waals surface area contributed by atoms with Crippen LogP contribution in [0.25, 0.3) is 10.9 Å². The number of esters is 1. The molecule has 2 heterocycles. The summed E-state index contributed by atoms with van der Waals surface area (Å²) in [6.07, 6.45) is 0. The number of ether oxygens (including phenoxy) is 3. The van der Waals surface area contributed by atoms with Gasteiger partial charge in [0.05, 0.1) is 5.71 Å². The van der Waals surface area contributed by atoms with E-state index in [0.717, 1.165) is 22.2 Å². The molecule has 0 bridgehead atoms. The predicted molar refractivity (Wildman–Crippen MR) is 109 cm³/mol. The van der Waals surface area contributed by atoms with E-state index >= 15 is 0 Å².